The summed E-state index contributed by atoms with van der Waals surface area (Å²) >= 11 is 0. The van der Waals surface area contributed by atoms with Crippen LogP contribution in [0.2, 0.25) is 0 Å². The predicted octanol–water partition coefficient (Wildman–Crippen LogP) is 3.56. The molecule has 4 aromatic rings. The van der Waals surface area contributed by atoms with E-state index in [1.165, 1.54) is 0 Å². The summed E-state index contributed by atoms with van der Waals surface area (Å²) in [5, 5.41) is 12.3. The lowest BCUT2D eigenvalue weighted by Gasteiger charge is -2.12. The van der Waals surface area contributed by atoms with Gasteiger partial charge in [-0.25, -0.2) is 9.94 Å². The van der Waals surface area contributed by atoms with Crippen LogP contribution in [0.15, 0.2) is 47.4 Å². The van der Waals surface area contributed by atoms with Gasteiger partial charge in [-0.15, -0.1) is 0 Å². The Balaban J connectivity index is 1.99. The third-order valence-electron chi connectivity index (χ3n) is 5.18. The van der Waals surface area contributed by atoms with Gasteiger partial charge in [-0.1, -0.05) is 31.2 Å². The maximum Gasteiger partial charge on any atom is 0.272 e. The number of fused-ring (bicyclic) bond motifs is 1. The molecule has 2 heterocycles. The van der Waals surface area contributed by atoms with Crippen molar-refractivity contribution in [2.24, 2.45) is 12.8 Å². The first kappa shape index (κ1) is 18.6. The van der Waals surface area contributed by atoms with Crippen molar-refractivity contribution >= 4 is 16.5 Å². The van der Waals surface area contributed by atoms with Gasteiger partial charge < -0.3 is 5.73 Å². The highest BCUT2D eigenvalue weighted by Crippen LogP contribution is 2.39. The Labute approximate surface area is 167 Å². The van der Waals surface area contributed by atoms with E-state index in [1.807, 2.05) is 44.3 Å². The second-order valence-electron chi connectivity index (χ2n) is 6.77. The summed E-state index contributed by atoms with van der Waals surface area (Å²) < 4.78 is 1.78. The predicted molar refractivity (Wildman–Crippen MR) is 114 cm³/mol. The van der Waals surface area contributed by atoms with Crippen molar-refractivity contribution in [2.45, 2.75) is 19.9 Å². The molecule has 2 aromatic carbocycles. The number of nitrogens with zero attached hydrogens (tertiary/aromatic N) is 4. The van der Waals surface area contributed by atoms with E-state index in [4.69, 9.17) is 12.3 Å². The molecule has 0 saturated heterocycles. The summed E-state index contributed by atoms with van der Waals surface area (Å²) in [5.41, 5.74) is 11.3. The number of aryl methyl sites for hydroxylation is 2. The van der Waals surface area contributed by atoms with E-state index in [1.54, 1.807) is 16.9 Å². The Morgan fingerprint density at radius 1 is 1.21 bits per heavy atom. The Hall–Kier alpha value is -3.76. The molecule has 3 N–H and O–H groups in total. The number of nitrogens with two attached hydrogens (primary N) is 1. The highest BCUT2D eigenvalue weighted by atomic mass is 16.1. The van der Waals surface area contributed by atoms with Crippen LogP contribution >= 0.6 is 0 Å². The van der Waals surface area contributed by atoms with E-state index in [0.29, 0.717) is 16.8 Å². The lowest BCUT2D eigenvalue weighted by atomic mass is 9.96. The smallest absolute Gasteiger partial charge is 0.272 e. The van der Waals surface area contributed by atoms with Gasteiger partial charge in [0.05, 0.1) is 29.5 Å². The number of aromatic nitrogens is 4. The lowest BCUT2D eigenvalue weighted by molar-refractivity contribution is 0.776. The maximum absolute atomic E-state index is 12.1. The van der Waals surface area contributed by atoms with Gasteiger partial charge in [0.25, 0.3) is 5.56 Å². The average molecular weight is 384 g/mol. The fourth-order valence-electron chi connectivity index (χ4n) is 3.71. The van der Waals surface area contributed by atoms with Crippen LogP contribution in [0.1, 0.15) is 18.2 Å². The minimum atomic E-state index is -0.249. The van der Waals surface area contributed by atoms with E-state index < -0.39 is 0 Å². The molecule has 0 aliphatic carbocycles. The molecule has 0 aliphatic rings. The van der Waals surface area contributed by atoms with Crippen molar-refractivity contribution in [2.75, 3.05) is 0 Å². The molecular formula is C22H20N6O. The second-order valence-corrected chi connectivity index (χ2v) is 6.77. The number of nitrogens with one attached hydrogen (secondary N) is 1. The molecule has 0 bridgehead atoms. The average Bonchev–Trinajstić information content (AvgIpc) is 3.14. The summed E-state index contributed by atoms with van der Waals surface area (Å²) in [4.78, 5) is 15.9. The van der Waals surface area contributed by atoms with E-state index in [2.05, 4.69) is 20.1 Å². The first-order valence-electron chi connectivity index (χ1n) is 9.32. The van der Waals surface area contributed by atoms with Crippen molar-refractivity contribution in [1.29, 1.82) is 0 Å². The van der Waals surface area contributed by atoms with Gasteiger partial charge in [0, 0.05) is 30.1 Å². The zero-order valence-corrected chi connectivity index (χ0v) is 16.2. The van der Waals surface area contributed by atoms with Crippen LogP contribution in [0.25, 0.3) is 38.0 Å². The minimum absolute atomic E-state index is 0.219. The van der Waals surface area contributed by atoms with E-state index in [9.17, 15) is 4.79 Å². The van der Waals surface area contributed by atoms with Gasteiger partial charge in [0.15, 0.2) is 5.69 Å². The summed E-state index contributed by atoms with van der Waals surface area (Å²) in [6.07, 6.45) is 2.56. The minimum Gasteiger partial charge on any atom is -0.325 e. The van der Waals surface area contributed by atoms with Gasteiger partial charge in [0.1, 0.15) is 0 Å². The number of rotatable bonds is 4. The Bertz CT molecular complexity index is 1330. The van der Waals surface area contributed by atoms with Gasteiger partial charge in [-0.05, 0) is 29.7 Å². The number of aromatic amines is 1. The molecule has 0 radical (unpaired) electrons. The first-order valence-corrected chi connectivity index (χ1v) is 9.32. The van der Waals surface area contributed by atoms with Crippen molar-refractivity contribution in [3.8, 4) is 22.4 Å². The zero-order chi connectivity index (χ0) is 20.5. The fraction of sp³-hybridized carbons (Fsp3) is 0.182. The van der Waals surface area contributed by atoms with E-state index >= 15 is 0 Å². The zero-order valence-electron chi connectivity index (χ0n) is 16.2. The molecule has 29 heavy (non-hydrogen) atoms. The molecule has 144 valence electrons. The highest BCUT2D eigenvalue weighted by Gasteiger charge is 2.18. The monoisotopic (exact) mass is 384 g/mol. The molecule has 0 amide bonds. The summed E-state index contributed by atoms with van der Waals surface area (Å²) in [6, 6.07) is 11.5. The Morgan fingerprint density at radius 3 is 2.76 bits per heavy atom. The standard InChI is InChI=1S/C22H20N6O/c1-4-13-6-5-7-16(20(13)24-2)21-18(12-25-28(21)3)14-8-9-15-17(10-14)19(11-23)26-27-22(15)29/h5-10,12H,4,11,23H2,1,3H3,(H,27,29). The fourth-order valence-corrected chi connectivity index (χ4v) is 3.71. The largest absolute Gasteiger partial charge is 0.325 e. The molecule has 7 nitrogen and oxygen atoms in total. The molecule has 0 saturated carbocycles. The molecule has 2 aromatic heterocycles. The highest BCUT2D eigenvalue weighted by molar-refractivity contribution is 5.93. The topological polar surface area (TPSA) is 93.9 Å². The SMILES string of the molecule is [C-]#[N+]c1c(CC)cccc1-c1c(-c2ccc3c(=O)[nH]nc(CN)c3c2)cnn1C. The molecule has 0 unspecified atom stereocenters. The Kier molecular flexibility index (Phi) is 4.71. The van der Waals surface area contributed by atoms with Crippen molar-refractivity contribution in [1.82, 2.24) is 20.0 Å². The number of para-hydroxylation sites is 1. The number of benzene rings is 2. The van der Waals surface area contributed by atoms with Crippen LogP contribution in [0.3, 0.4) is 0 Å². The van der Waals surface area contributed by atoms with Crippen LogP contribution in [0, 0.1) is 6.57 Å². The van der Waals surface area contributed by atoms with Crippen LogP contribution < -0.4 is 11.3 Å². The summed E-state index contributed by atoms with van der Waals surface area (Å²) in [5.74, 6) is 0. The van der Waals surface area contributed by atoms with Gasteiger partial charge >= 0.3 is 0 Å². The first-order chi connectivity index (χ1) is 14.1. The second kappa shape index (κ2) is 7.34. The molecule has 7 heteroatoms. The van der Waals surface area contributed by atoms with Crippen LogP contribution in [0.5, 0.6) is 0 Å². The quantitative estimate of drug-likeness (QED) is 0.526. The third kappa shape index (κ3) is 3.00. The number of H-pyrrole nitrogens is 1. The number of hydrogen-bond acceptors (Lipinski definition) is 4. The van der Waals surface area contributed by atoms with E-state index in [0.717, 1.165) is 39.8 Å². The summed E-state index contributed by atoms with van der Waals surface area (Å²) in [7, 11) is 1.86. The lowest BCUT2D eigenvalue weighted by Crippen LogP contribution is -2.13. The van der Waals surface area contributed by atoms with Crippen LogP contribution in [-0.2, 0) is 20.0 Å². The molecule has 0 fully saturated rings. The summed E-state index contributed by atoms with van der Waals surface area (Å²) in [6.45, 7) is 9.96. The van der Waals surface area contributed by atoms with Crippen molar-refractivity contribution < 1.29 is 0 Å². The molecule has 0 spiro atoms. The number of hydrogen-bond donors (Lipinski definition) is 2. The molecular weight excluding hydrogens is 364 g/mol. The third-order valence-corrected chi connectivity index (χ3v) is 5.18. The van der Waals surface area contributed by atoms with Crippen LogP contribution in [-0.4, -0.2) is 20.0 Å². The van der Waals surface area contributed by atoms with Crippen LogP contribution in [0.4, 0.5) is 5.69 Å². The van der Waals surface area contributed by atoms with E-state index in [-0.39, 0.29) is 12.1 Å². The molecule has 0 aliphatic heterocycles. The molecule has 4 rings (SSSR count). The van der Waals surface area contributed by atoms with Crippen molar-refractivity contribution in [3.05, 3.63) is 75.6 Å². The van der Waals surface area contributed by atoms with Gasteiger partial charge in [0.2, 0.25) is 0 Å². The molecule has 0 atom stereocenters. The van der Waals surface area contributed by atoms with Crippen molar-refractivity contribution in [3.63, 3.8) is 0 Å². The Morgan fingerprint density at radius 2 is 2.03 bits per heavy atom. The maximum atomic E-state index is 12.1. The normalized spacial score (nSPS) is 11.0. The van der Waals surface area contributed by atoms with Gasteiger partial charge in [-0.2, -0.15) is 10.2 Å². The van der Waals surface area contributed by atoms with Gasteiger partial charge in [-0.3, -0.25) is 9.48 Å².